The molecule has 6 unspecified atom stereocenters. The molecule has 0 saturated heterocycles. The molecule has 0 amide bonds. The zero-order valence-corrected chi connectivity index (χ0v) is 21.2. The van der Waals surface area contributed by atoms with E-state index in [-0.39, 0.29) is 34.6 Å². The van der Waals surface area contributed by atoms with Gasteiger partial charge in [-0.2, -0.15) is 0 Å². The number of aromatic hydroxyl groups is 4. The number of benzene rings is 4. The maximum atomic E-state index is 14.9. The number of rotatable bonds is 0. The Morgan fingerprint density at radius 3 is 0.825 bits per heavy atom. The van der Waals surface area contributed by atoms with Gasteiger partial charge in [0.2, 0.25) is 0 Å². The third-order valence-corrected chi connectivity index (χ3v) is 10.6. The van der Waals surface area contributed by atoms with Gasteiger partial charge in [0.25, 0.3) is 0 Å². The van der Waals surface area contributed by atoms with Crippen molar-refractivity contribution in [2.24, 2.45) is 23.7 Å². The summed E-state index contributed by atoms with van der Waals surface area (Å²) in [6.45, 7) is 0. The van der Waals surface area contributed by atoms with Gasteiger partial charge in [-0.1, -0.05) is 48.5 Å². The third-order valence-electron chi connectivity index (χ3n) is 10.6. The molecule has 7 aliphatic rings. The van der Waals surface area contributed by atoms with Crippen LogP contribution in [0, 0.1) is 23.7 Å². The van der Waals surface area contributed by atoms with Crippen LogP contribution >= 0.6 is 0 Å². The summed E-state index contributed by atoms with van der Waals surface area (Å²) < 4.78 is 0. The van der Waals surface area contributed by atoms with Crippen molar-refractivity contribution in [2.75, 3.05) is 0 Å². The summed E-state index contributed by atoms with van der Waals surface area (Å²) in [5.41, 5.74) is 7.16. The quantitative estimate of drug-likeness (QED) is 0.239. The molecule has 0 spiro atoms. The smallest absolute Gasteiger partial charge is 0.157 e. The predicted molar refractivity (Wildman–Crippen MR) is 144 cm³/mol. The van der Waals surface area contributed by atoms with Crippen LogP contribution in [0.25, 0.3) is 0 Å². The Morgan fingerprint density at radius 2 is 0.600 bits per heavy atom. The van der Waals surface area contributed by atoms with Crippen molar-refractivity contribution in [2.45, 2.75) is 23.7 Å². The minimum atomic E-state index is -0.592. The van der Waals surface area contributed by atoms with E-state index in [1.807, 2.05) is 48.5 Å². The van der Waals surface area contributed by atoms with Crippen LogP contribution in [-0.4, -0.2) is 32.0 Å². The van der Waals surface area contributed by atoms with E-state index in [2.05, 4.69) is 0 Å². The Morgan fingerprint density at radius 1 is 0.375 bits per heavy atom. The van der Waals surface area contributed by atoms with E-state index in [1.165, 1.54) is 0 Å². The van der Waals surface area contributed by atoms with Crippen molar-refractivity contribution in [3.05, 3.63) is 117 Å². The number of Topliss-reactive ketones (excluding diaryl/α,β-unsaturated/α-hetero) is 2. The number of phenols is 4. The molecule has 0 heterocycles. The van der Waals surface area contributed by atoms with E-state index in [4.69, 9.17) is 0 Å². The number of carbonyl (C=O) groups is 2. The van der Waals surface area contributed by atoms with Crippen LogP contribution in [0.5, 0.6) is 23.0 Å². The molecule has 4 bridgehead atoms. The maximum Gasteiger partial charge on any atom is 0.157 e. The monoisotopic (exact) mass is 528 g/mol. The largest absolute Gasteiger partial charge is 0.504 e. The van der Waals surface area contributed by atoms with Crippen molar-refractivity contribution >= 4 is 11.6 Å². The van der Waals surface area contributed by atoms with Gasteiger partial charge in [0, 0.05) is 47.3 Å². The Balaban J connectivity index is 1.31. The molecule has 8 atom stereocenters. The van der Waals surface area contributed by atoms with E-state index in [0.717, 1.165) is 44.5 Å². The first kappa shape index (κ1) is 22.3. The van der Waals surface area contributed by atoms with Gasteiger partial charge < -0.3 is 20.4 Å². The molecule has 0 aromatic heterocycles. The predicted octanol–water partition coefficient (Wildman–Crippen LogP) is 5.01. The average Bonchev–Trinajstić information content (AvgIpc) is 2.96. The zero-order valence-electron chi connectivity index (χ0n) is 21.2. The Hall–Kier alpha value is -4.58. The number of hydrogen-bond donors (Lipinski definition) is 4. The normalized spacial score (nSPS) is 31.5. The van der Waals surface area contributed by atoms with Crippen molar-refractivity contribution in [3.8, 4) is 23.0 Å². The lowest BCUT2D eigenvalue weighted by Crippen LogP contribution is -2.60. The van der Waals surface area contributed by atoms with Crippen LogP contribution in [-0.2, 0) is 9.59 Å². The highest BCUT2D eigenvalue weighted by atomic mass is 16.3. The second-order valence-corrected chi connectivity index (χ2v) is 12.0. The summed E-state index contributed by atoms with van der Waals surface area (Å²) in [4.78, 5) is 29.8. The highest BCUT2D eigenvalue weighted by Crippen LogP contribution is 2.68. The van der Waals surface area contributed by atoms with Gasteiger partial charge >= 0.3 is 0 Å². The van der Waals surface area contributed by atoms with Crippen LogP contribution in [0.4, 0.5) is 0 Å². The summed E-state index contributed by atoms with van der Waals surface area (Å²) in [5, 5.41) is 41.8. The first-order valence-corrected chi connectivity index (χ1v) is 13.7. The molecule has 1 fully saturated rings. The topological polar surface area (TPSA) is 115 Å². The summed E-state index contributed by atoms with van der Waals surface area (Å²) in [6.07, 6.45) is 0. The molecule has 0 radical (unpaired) electrons. The first-order chi connectivity index (χ1) is 19.4. The van der Waals surface area contributed by atoms with Gasteiger partial charge in [-0.3, -0.25) is 9.59 Å². The molecular formula is C34H24O6. The van der Waals surface area contributed by atoms with Crippen molar-refractivity contribution in [1.82, 2.24) is 0 Å². The number of hydrogen-bond acceptors (Lipinski definition) is 6. The van der Waals surface area contributed by atoms with Gasteiger partial charge in [-0.25, -0.2) is 0 Å². The van der Waals surface area contributed by atoms with Crippen LogP contribution in [0.3, 0.4) is 0 Å². The number of carbonyl (C=O) groups excluding carboxylic acids is 2. The van der Waals surface area contributed by atoms with Crippen molar-refractivity contribution in [1.29, 1.82) is 0 Å². The molecular weight excluding hydrogens is 504 g/mol. The summed E-state index contributed by atoms with van der Waals surface area (Å²) >= 11 is 0. The molecule has 196 valence electrons. The SMILES string of the molecule is O=C1C2C3c4ccccc4[C@H](c4cc(O)c(O)cc43)C2C(=O)C2C1C1c3ccccc3[C@H]2c2cc(O)c(O)cc21. The van der Waals surface area contributed by atoms with Gasteiger partial charge in [0.15, 0.2) is 23.0 Å². The Labute approximate surface area is 229 Å². The standard InChI is InChI=1S/C34H24O6/c35-21-9-17-18(10-22(21)36)26-14-6-2-1-5-13(14)25(17)29-30(26)34(40)32-28-16-8-4-3-7-15(16)27(31(32)33(29)39)19-11-23(37)24(38)12-20(19)28/h1-12,25-32,35-38H/t25-,26?,27+,28?,29?,30?,31?,32?. The summed E-state index contributed by atoms with van der Waals surface area (Å²) in [5.74, 6) is -4.85. The lowest BCUT2D eigenvalue weighted by molar-refractivity contribution is -0.152. The maximum absolute atomic E-state index is 14.9. The van der Waals surface area contributed by atoms with E-state index in [9.17, 15) is 30.0 Å². The molecule has 4 aromatic rings. The van der Waals surface area contributed by atoms with Crippen molar-refractivity contribution in [3.63, 3.8) is 0 Å². The number of ketones is 2. The highest BCUT2D eigenvalue weighted by molar-refractivity contribution is 6.05. The minimum Gasteiger partial charge on any atom is -0.504 e. The molecule has 6 heteroatoms. The van der Waals surface area contributed by atoms with Gasteiger partial charge in [0.1, 0.15) is 11.6 Å². The van der Waals surface area contributed by atoms with Crippen LogP contribution in [0.15, 0.2) is 72.8 Å². The van der Waals surface area contributed by atoms with Gasteiger partial charge in [0.05, 0.1) is 0 Å². The Kier molecular flexibility index (Phi) is 3.97. The molecule has 6 nitrogen and oxygen atoms in total. The number of phenolic OH excluding ortho intramolecular Hbond substituents is 4. The fraction of sp³-hybridized carbons (Fsp3) is 0.235. The van der Waals surface area contributed by atoms with Gasteiger partial charge in [-0.15, -0.1) is 0 Å². The minimum absolute atomic E-state index is 0.0417. The molecule has 40 heavy (non-hydrogen) atoms. The molecule has 4 aromatic carbocycles. The Bertz CT molecular complexity index is 1590. The molecule has 0 aliphatic heterocycles. The second-order valence-electron chi connectivity index (χ2n) is 12.0. The average molecular weight is 529 g/mol. The fourth-order valence-corrected chi connectivity index (χ4v) is 9.31. The lowest BCUT2D eigenvalue weighted by Gasteiger charge is -2.59. The molecule has 4 N–H and O–H groups in total. The van der Waals surface area contributed by atoms with Crippen LogP contribution in [0.2, 0.25) is 0 Å². The third kappa shape index (κ3) is 2.38. The summed E-state index contributed by atoms with van der Waals surface area (Å²) in [6, 6.07) is 22.1. The molecule has 7 aliphatic carbocycles. The highest BCUT2D eigenvalue weighted by Gasteiger charge is 2.66. The van der Waals surface area contributed by atoms with E-state index in [0.29, 0.717) is 0 Å². The van der Waals surface area contributed by atoms with E-state index < -0.39 is 47.3 Å². The van der Waals surface area contributed by atoms with Gasteiger partial charge in [-0.05, 0) is 68.8 Å². The van der Waals surface area contributed by atoms with Crippen molar-refractivity contribution < 1.29 is 30.0 Å². The van der Waals surface area contributed by atoms with E-state index >= 15 is 0 Å². The molecule has 1 saturated carbocycles. The second kappa shape index (κ2) is 7.13. The molecule has 11 rings (SSSR count). The first-order valence-electron chi connectivity index (χ1n) is 13.7. The van der Waals surface area contributed by atoms with E-state index in [1.54, 1.807) is 24.3 Å². The van der Waals surface area contributed by atoms with Crippen LogP contribution in [0.1, 0.15) is 68.2 Å². The lowest BCUT2D eigenvalue weighted by atomic mass is 9.42. The fourth-order valence-electron chi connectivity index (χ4n) is 9.31. The zero-order chi connectivity index (χ0) is 27.2. The van der Waals surface area contributed by atoms with Crippen LogP contribution < -0.4 is 0 Å². The summed E-state index contributed by atoms with van der Waals surface area (Å²) in [7, 11) is 0.